The summed E-state index contributed by atoms with van der Waals surface area (Å²) in [6.45, 7) is 1.92. The average molecular weight is 441 g/mol. The number of aryl methyl sites for hydroxylation is 1. The molecule has 2 N–H and O–H groups in total. The van der Waals surface area contributed by atoms with Crippen LogP contribution in [0.2, 0.25) is 0 Å². The number of methoxy groups -OCH3 is 1. The Hall–Kier alpha value is -3.66. The number of carbonyl (C=O) groups excluding carboxylic acids is 2. The smallest absolute Gasteiger partial charge is 0.343 e. The Kier molecular flexibility index (Phi) is 7.03. The highest BCUT2D eigenvalue weighted by Gasteiger charge is 2.32. The van der Waals surface area contributed by atoms with E-state index in [-0.39, 0.29) is 17.3 Å². The van der Waals surface area contributed by atoms with Gasteiger partial charge in [-0.25, -0.2) is 4.79 Å². The van der Waals surface area contributed by atoms with Crippen LogP contribution in [-0.2, 0) is 9.59 Å². The predicted molar refractivity (Wildman–Crippen MR) is 116 cm³/mol. The van der Waals surface area contributed by atoms with Crippen LogP contribution in [0.5, 0.6) is 11.5 Å². The van der Waals surface area contributed by atoms with Crippen LogP contribution >= 0.6 is 11.8 Å². The molecule has 0 bridgehead atoms. The molecule has 9 nitrogen and oxygen atoms in total. The number of hydrogen-bond donors (Lipinski definition) is 2. The molecule has 1 aliphatic heterocycles. The minimum Gasteiger partial charge on any atom is -0.493 e. The van der Waals surface area contributed by atoms with Crippen molar-refractivity contribution in [3.8, 4) is 11.5 Å². The molecule has 2 aromatic carbocycles. The molecule has 1 aliphatic rings. The molecule has 0 unspecified atom stereocenters. The maximum atomic E-state index is 12.4. The summed E-state index contributed by atoms with van der Waals surface area (Å²) in [6.07, 6.45) is 1.11. The standard InChI is InChI=1S/C21H19N3O6S/c1-12-3-6-14(7-4-12)20(28)30-16-9-13(5-8-15(16)29-2)11-22-24-21-23-19(27)17(31-21)10-18(25)26/h3-9,11,17H,10H2,1-2H3,(H,25,26)(H,23,24,27)/b22-11-/t17-/m0/s1. The number of benzene rings is 2. The minimum absolute atomic E-state index is 0.215. The van der Waals surface area contributed by atoms with Crippen LogP contribution in [0.25, 0.3) is 0 Å². The fourth-order valence-corrected chi connectivity index (χ4v) is 3.51. The summed E-state index contributed by atoms with van der Waals surface area (Å²) in [7, 11) is 1.46. The van der Waals surface area contributed by atoms with Gasteiger partial charge in [-0.2, -0.15) is 5.10 Å². The molecular formula is C21H19N3O6S. The zero-order chi connectivity index (χ0) is 22.4. The molecule has 31 heavy (non-hydrogen) atoms. The first-order chi connectivity index (χ1) is 14.9. The molecule has 0 saturated carbocycles. The van der Waals surface area contributed by atoms with Gasteiger partial charge in [0.15, 0.2) is 16.7 Å². The highest BCUT2D eigenvalue weighted by molar-refractivity contribution is 8.15. The van der Waals surface area contributed by atoms with Crippen molar-refractivity contribution < 1.29 is 29.0 Å². The van der Waals surface area contributed by atoms with Crippen molar-refractivity contribution in [1.29, 1.82) is 0 Å². The first-order valence-electron chi connectivity index (χ1n) is 9.13. The van der Waals surface area contributed by atoms with E-state index < -0.39 is 23.1 Å². The van der Waals surface area contributed by atoms with E-state index in [1.807, 2.05) is 19.1 Å². The number of amides is 1. The normalized spacial score (nSPS) is 17.0. The third-order valence-electron chi connectivity index (χ3n) is 4.17. The zero-order valence-electron chi connectivity index (χ0n) is 16.7. The number of nitrogens with one attached hydrogen (secondary N) is 1. The molecule has 1 atom stereocenters. The van der Waals surface area contributed by atoms with Gasteiger partial charge in [0.05, 0.1) is 25.3 Å². The number of esters is 1. The van der Waals surface area contributed by atoms with Crippen molar-refractivity contribution in [2.45, 2.75) is 18.6 Å². The number of hydrogen-bond acceptors (Lipinski definition) is 8. The molecule has 3 rings (SSSR count). The second-order valence-electron chi connectivity index (χ2n) is 6.51. The number of ether oxygens (including phenoxy) is 2. The van der Waals surface area contributed by atoms with Gasteiger partial charge in [-0.3, -0.25) is 9.59 Å². The van der Waals surface area contributed by atoms with E-state index in [4.69, 9.17) is 14.6 Å². The third-order valence-corrected chi connectivity index (χ3v) is 5.24. The zero-order valence-corrected chi connectivity index (χ0v) is 17.5. The van der Waals surface area contributed by atoms with Crippen molar-refractivity contribution >= 4 is 41.0 Å². The third kappa shape index (κ3) is 5.92. The summed E-state index contributed by atoms with van der Waals surface area (Å²) >= 11 is 1.00. The number of carboxylic acids is 1. The van der Waals surface area contributed by atoms with Gasteiger partial charge in [0.25, 0.3) is 0 Å². The van der Waals surface area contributed by atoms with Crippen LogP contribution in [0.1, 0.15) is 27.9 Å². The van der Waals surface area contributed by atoms with Gasteiger partial charge in [0, 0.05) is 0 Å². The number of aliphatic carboxylic acids is 1. The fraction of sp³-hybridized carbons (Fsp3) is 0.190. The van der Waals surface area contributed by atoms with Gasteiger partial charge in [-0.1, -0.05) is 29.5 Å². The Labute approximate surface area is 182 Å². The second-order valence-corrected chi connectivity index (χ2v) is 7.70. The fourth-order valence-electron chi connectivity index (χ4n) is 2.59. The van der Waals surface area contributed by atoms with E-state index >= 15 is 0 Å². The molecular weight excluding hydrogens is 422 g/mol. The highest BCUT2D eigenvalue weighted by atomic mass is 32.2. The van der Waals surface area contributed by atoms with Gasteiger partial charge in [0.2, 0.25) is 5.91 Å². The number of amidine groups is 1. The molecule has 160 valence electrons. The van der Waals surface area contributed by atoms with Gasteiger partial charge in [-0.15, -0.1) is 5.10 Å². The van der Waals surface area contributed by atoms with Crippen molar-refractivity contribution in [2.75, 3.05) is 7.11 Å². The topological polar surface area (TPSA) is 127 Å². The minimum atomic E-state index is -1.07. The molecule has 1 heterocycles. The van der Waals surface area contributed by atoms with Crippen LogP contribution in [-0.4, -0.2) is 46.7 Å². The second kappa shape index (κ2) is 9.90. The quantitative estimate of drug-likeness (QED) is 0.293. The Bertz CT molecular complexity index is 1070. The van der Waals surface area contributed by atoms with Crippen LogP contribution in [0, 0.1) is 6.92 Å². The van der Waals surface area contributed by atoms with Gasteiger partial charge < -0.3 is 19.9 Å². The van der Waals surface area contributed by atoms with Crippen LogP contribution in [0.4, 0.5) is 0 Å². The average Bonchev–Trinajstić information content (AvgIpc) is 3.07. The number of thioether (sulfide) groups is 1. The predicted octanol–water partition coefficient (Wildman–Crippen LogP) is 2.62. The van der Waals surface area contributed by atoms with Crippen molar-refractivity contribution in [1.82, 2.24) is 5.32 Å². The molecule has 1 amide bonds. The summed E-state index contributed by atoms with van der Waals surface area (Å²) in [5.41, 5.74) is 2.01. The molecule has 0 spiro atoms. The van der Waals surface area contributed by atoms with Gasteiger partial charge in [-0.05, 0) is 42.8 Å². The Balaban J connectivity index is 1.71. The molecule has 2 aromatic rings. The lowest BCUT2D eigenvalue weighted by molar-refractivity contribution is -0.138. The maximum absolute atomic E-state index is 12.4. The molecule has 0 radical (unpaired) electrons. The summed E-state index contributed by atoms with van der Waals surface area (Å²) in [6, 6.07) is 11.9. The Morgan fingerprint density at radius 1 is 1.19 bits per heavy atom. The van der Waals surface area contributed by atoms with E-state index in [0.29, 0.717) is 16.9 Å². The number of nitrogens with zero attached hydrogens (tertiary/aromatic N) is 2. The Morgan fingerprint density at radius 2 is 1.94 bits per heavy atom. The lowest BCUT2D eigenvalue weighted by Gasteiger charge is -2.10. The van der Waals surface area contributed by atoms with E-state index in [1.165, 1.54) is 13.3 Å². The maximum Gasteiger partial charge on any atom is 0.343 e. The molecule has 0 aliphatic carbocycles. The molecule has 10 heteroatoms. The largest absolute Gasteiger partial charge is 0.493 e. The Morgan fingerprint density at radius 3 is 2.61 bits per heavy atom. The van der Waals surface area contributed by atoms with E-state index in [0.717, 1.165) is 17.3 Å². The highest BCUT2D eigenvalue weighted by Crippen LogP contribution is 2.28. The number of rotatable bonds is 7. The van der Waals surface area contributed by atoms with E-state index in [2.05, 4.69) is 15.5 Å². The van der Waals surface area contributed by atoms with Gasteiger partial charge in [0.1, 0.15) is 5.25 Å². The van der Waals surface area contributed by atoms with Crippen LogP contribution in [0.15, 0.2) is 52.7 Å². The summed E-state index contributed by atoms with van der Waals surface area (Å²) < 4.78 is 10.7. The molecule has 1 fully saturated rings. The molecule has 1 saturated heterocycles. The van der Waals surface area contributed by atoms with Crippen molar-refractivity contribution in [3.63, 3.8) is 0 Å². The van der Waals surface area contributed by atoms with Crippen molar-refractivity contribution in [3.05, 3.63) is 59.2 Å². The molecule has 0 aromatic heterocycles. The summed E-state index contributed by atoms with van der Waals surface area (Å²) in [5, 5.41) is 18.6. The number of carbonyl (C=O) groups is 3. The van der Waals surface area contributed by atoms with Gasteiger partial charge >= 0.3 is 11.9 Å². The lowest BCUT2D eigenvalue weighted by atomic mass is 10.1. The van der Waals surface area contributed by atoms with Crippen LogP contribution < -0.4 is 14.8 Å². The lowest BCUT2D eigenvalue weighted by Crippen LogP contribution is -2.26. The number of carboxylic acid groups (broad SMARTS) is 1. The SMILES string of the molecule is COc1ccc(/C=N\N=C2\NC(=O)[C@H](CC(=O)O)S2)cc1OC(=O)c1ccc(C)cc1. The van der Waals surface area contributed by atoms with E-state index in [1.54, 1.807) is 30.3 Å². The summed E-state index contributed by atoms with van der Waals surface area (Å²) in [4.78, 5) is 34.9. The van der Waals surface area contributed by atoms with Crippen molar-refractivity contribution in [2.24, 2.45) is 10.2 Å². The van der Waals surface area contributed by atoms with E-state index in [9.17, 15) is 14.4 Å². The van der Waals surface area contributed by atoms with Crippen LogP contribution in [0.3, 0.4) is 0 Å². The first-order valence-corrected chi connectivity index (χ1v) is 10.0. The summed E-state index contributed by atoms with van der Waals surface area (Å²) in [5.74, 6) is -1.42. The first kappa shape index (κ1) is 22.0. The monoisotopic (exact) mass is 441 g/mol.